The van der Waals surface area contributed by atoms with Crippen molar-refractivity contribution < 1.29 is 14.3 Å². The van der Waals surface area contributed by atoms with Crippen LogP contribution < -0.4 is 0 Å². The number of aromatic nitrogens is 5. The van der Waals surface area contributed by atoms with Gasteiger partial charge in [0.15, 0.2) is 5.82 Å². The predicted molar refractivity (Wildman–Crippen MR) is 118 cm³/mol. The van der Waals surface area contributed by atoms with Crippen LogP contribution >= 0.6 is 0 Å². The van der Waals surface area contributed by atoms with Gasteiger partial charge in [0, 0.05) is 45.3 Å². The summed E-state index contributed by atoms with van der Waals surface area (Å²) in [5.41, 5.74) is 3.88. The summed E-state index contributed by atoms with van der Waals surface area (Å²) in [5.74, 6) is 0.514. The van der Waals surface area contributed by atoms with Crippen LogP contribution in [0.4, 0.5) is 0 Å². The topological polar surface area (TPSA) is 106 Å². The number of benzene rings is 1. The molecule has 0 atom stereocenters. The van der Waals surface area contributed by atoms with Gasteiger partial charge in [-0.15, -0.1) is 5.10 Å². The standard InChI is InChI=1S/C23H25N7O3/c31-22(14-18-2-4-21(24-15-18)30-16-25-26-27-30)29-10-8-28(9-11-29)7-5-17-1-3-20-19(13-17)6-12-33-23(20)32/h1-4,13,15-16H,5-12,14H2. The highest BCUT2D eigenvalue weighted by molar-refractivity contribution is 5.92. The smallest absolute Gasteiger partial charge is 0.338 e. The molecule has 0 spiro atoms. The van der Waals surface area contributed by atoms with Gasteiger partial charge in [0.1, 0.15) is 6.33 Å². The fourth-order valence-corrected chi connectivity index (χ4v) is 4.26. The Morgan fingerprint density at radius 3 is 2.67 bits per heavy atom. The molecule has 0 aliphatic carbocycles. The average Bonchev–Trinajstić information content (AvgIpc) is 3.39. The number of carbonyl (C=O) groups is 2. The molecule has 1 fully saturated rings. The molecule has 1 amide bonds. The second-order valence-electron chi connectivity index (χ2n) is 8.31. The Bertz CT molecular complexity index is 1120. The number of esters is 1. The molecular weight excluding hydrogens is 422 g/mol. The Balaban J connectivity index is 1.08. The maximum Gasteiger partial charge on any atom is 0.338 e. The summed E-state index contributed by atoms with van der Waals surface area (Å²) < 4.78 is 6.57. The van der Waals surface area contributed by atoms with Gasteiger partial charge in [0.2, 0.25) is 5.91 Å². The number of tetrazole rings is 1. The number of pyridine rings is 1. The quantitative estimate of drug-likeness (QED) is 0.509. The molecule has 0 radical (unpaired) electrons. The van der Waals surface area contributed by atoms with Crippen molar-refractivity contribution in [2.45, 2.75) is 19.3 Å². The highest BCUT2D eigenvalue weighted by atomic mass is 16.5. The molecule has 10 nitrogen and oxygen atoms in total. The molecule has 2 aromatic heterocycles. The molecular formula is C23H25N7O3. The van der Waals surface area contributed by atoms with Crippen molar-refractivity contribution in [2.75, 3.05) is 39.3 Å². The molecule has 4 heterocycles. The summed E-state index contributed by atoms with van der Waals surface area (Å²) in [6.07, 6.45) is 5.22. The van der Waals surface area contributed by atoms with Crippen molar-refractivity contribution in [1.82, 2.24) is 35.0 Å². The van der Waals surface area contributed by atoms with Gasteiger partial charge in [-0.05, 0) is 45.7 Å². The number of ether oxygens (including phenoxy) is 1. The minimum absolute atomic E-state index is 0.119. The molecule has 1 aromatic carbocycles. The van der Waals surface area contributed by atoms with Crippen molar-refractivity contribution in [3.8, 4) is 5.82 Å². The van der Waals surface area contributed by atoms with Gasteiger partial charge in [-0.25, -0.2) is 9.78 Å². The van der Waals surface area contributed by atoms with Gasteiger partial charge in [-0.3, -0.25) is 9.69 Å². The van der Waals surface area contributed by atoms with E-state index in [1.807, 2.05) is 23.1 Å². The number of rotatable bonds is 6. The number of hydrogen-bond donors (Lipinski definition) is 0. The van der Waals surface area contributed by atoms with E-state index in [9.17, 15) is 9.59 Å². The lowest BCUT2D eigenvalue weighted by Crippen LogP contribution is -2.49. The van der Waals surface area contributed by atoms with Gasteiger partial charge in [-0.1, -0.05) is 18.2 Å². The van der Waals surface area contributed by atoms with E-state index in [0.29, 0.717) is 24.4 Å². The lowest BCUT2D eigenvalue weighted by atomic mass is 9.98. The summed E-state index contributed by atoms with van der Waals surface area (Å²) in [6.45, 7) is 4.58. The monoisotopic (exact) mass is 447 g/mol. The van der Waals surface area contributed by atoms with E-state index in [0.717, 1.165) is 56.7 Å². The van der Waals surface area contributed by atoms with E-state index in [4.69, 9.17) is 4.74 Å². The van der Waals surface area contributed by atoms with Crippen molar-refractivity contribution in [2.24, 2.45) is 0 Å². The third-order valence-electron chi connectivity index (χ3n) is 6.18. The van der Waals surface area contributed by atoms with Crippen LogP contribution in [-0.2, 0) is 28.8 Å². The fraction of sp³-hybridized carbons (Fsp3) is 0.391. The lowest BCUT2D eigenvalue weighted by molar-refractivity contribution is -0.132. The van der Waals surface area contributed by atoms with Crippen LogP contribution in [0.3, 0.4) is 0 Å². The number of amides is 1. The molecule has 0 unspecified atom stereocenters. The van der Waals surface area contributed by atoms with E-state index >= 15 is 0 Å². The lowest BCUT2D eigenvalue weighted by Gasteiger charge is -2.35. The summed E-state index contributed by atoms with van der Waals surface area (Å²) in [5, 5.41) is 11.0. The minimum Gasteiger partial charge on any atom is -0.462 e. The van der Waals surface area contributed by atoms with Gasteiger partial charge < -0.3 is 9.64 Å². The van der Waals surface area contributed by atoms with Crippen LogP contribution in [0.15, 0.2) is 42.9 Å². The zero-order chi connectivity index (χ0) is 22.6. The summed E-state index contributed by atoms with van der Waals surface area (Å²) >= 11 is 0. The van der Waals surface area contributed by atoms with Crippen LogP contribution in [0, 0.1) is 0 Å². The number of hydrogen-bond acceptors (Lipinski definition) is 8. The normalized spacial score (nSPS) is 16.4. The van der Waals surface area contributed by atoms with Gasteiger partial charge >= 0.3 is 5.97 Å². The first-order valence-corrected chi connectivity index (χ1v) is 11.1. The van der Waals surface area contributed by atoms with E-state index in [1.165, 1.54) is 16.6 Å². The molecule has 5 rings (SSSR count). The SMILES string of the molecule is O=C1OCCc2cc(CCN3CCN(C(=O)Cc4ccc(-n5cnnn5)nc4)CC3)ccc21. The maximum absolute atomic E-state index is 12.7. The fourth-order valence-electron chi connectivity index (χ4n) is 4.26. The van der Waals surface area contributed by atoms with Gasteiger partial charge in [0.25, 0.3) is 0 Å². The molecule has 10 heteroatoms. The van der Waals surface area contributed by atoms with Crippen molar-refractivity contribution >= 4 is 11.9 Å². The van der Waals surface area contributed by atoms with Crippen molar-refractivity contribution in [3.05, 3.63) is 65.1 Å². The van der Waals surface area contributed by atoms with Gasteiger partial charge in [0.05, 0.1) is 18.6 Å². The maximum atomic E-state index is 12.7. The molecule has 170 valence electrons. The summed E-state index contributed by atoms with van der Waals surface area (Å²) in [7, 11) is 0. The molecule has 33 heavy (non-hydrogen) atoms. The predicted octanol–water partition coefficient (Wildman–Crippen LogP) is 0.700. The van der Waals surface area contributed by atoms with E-state index in [-0.39, 0.29) is 11.9 Å². The van der Waals surface area contributed by atoms with Crippen LogP contribution in [0.5, 0.6) is 0 Å². The zero-order valence-corrected chi connectivity index (χ0v) is 18.3. The van der Waals surface area contributed by atoms with Crippen LogP contribution in [0.1, 0.15) is 27.0 Å². The Hall–Kier alpha value is -3.66. The molecule has 0 bridgehead atoms. The molecule has 0 saturated carbocycles. The Kier molecular flexibility index (Phi) is 6.07. The number of fused-ring (bicyclic) bond motifs is 1. The second kappa shape index (κ2) is 9.45. The number of cyclic esters (lactones) is 1. The Labute approximate surface area is 191 Å². The Morgan fingerprint density at radius 2 is 1.91 bits per heavy atom. The van der Waals surface area contributed by atoms with Gasteiger partial charge in [-0.2, -0.15) is 4.68 Å². The van der Waals surface area contributed by atoms with E-state index in [1.54, 1.807) is 12.3 Å². The molecule has 0 N–H and O–H groups in total. The minimum atomic E-state index is -0.220. The number of nitrogens with zero attached hydrogens (tertiary/aromatic N) is 7. The van der Waals surface area contributed by atoms with Crippen molar-refractivity contribution in [1.29, 1.82) is 0 Å². The molecule has 3 aromatic rings. The van der Waals surface area contributed by atoms with E-state index < -0.39 is 0 Å². The summed E-state index contributed by atoms with van der Waals surface area (Å²) in [6, 6.07) is 9.72. The second-order valence-corrected chi connectivity index (χ2v) is 8.31. The van der Waals surface area contributed by atoms with Crippen LogP contribution in [0.25, 0.3) is 5.82 Å². The number of carbonyl (C=O) groups excluding carboxylic acids is 2. The first-order valence-electron chi connectivity index (χ1n) is 11.1. The first-order chi connectivity index (χ1) is 16.2. The molecule has 2 aliphatic heterocycles. The number of piperazine rings is 1. The molecule has 1 saturated heterocycles. The average molecular weight is 447 g/mol. The third kappa shape index (κ3) is 4.90. The summed E-state index contributed by atoms with van der Waals surface area (Å²) in [4.78, 5) is 33.2. The van der Waals surface area contributed by atoms with Crippen LogP contribution in [0.2, 0.25) is 0 Å². The first kappa shape index (κ1) is 21.2. The third-order valence-corrected chi connectivity index (χ3v) is 6.18. The Morgan fingerprint density at radius 1 is 1.06 bits per heavy atom. The highest BCUT2D eigenvalue weighted by Gasteiger charge is 2.22. The zero-order valence-electron chi connectivity index (χ0n) is 18.3. The largest absolute Gasteiger partial charge is 0.462 e. The van der Waals surface area contributed by atoms with Crippen LogP contribution in [-0.4, -0.2) is 86.2 Å². The van der Waals surface area contributed by atoms with Crippen molar-refractivity contribution in [3.63, 3.8) is 0 Å². The highest BCUT2D eigenvalue weighted by Crippen LogP contribution is 2.19. The molecule has 2 aliphatic rings. The van der Waals surface area contributed by atoms with E-state index in [2.05, 4.69) is 31.5 Å².